The number of nitrogens with two attached hydrogens (primary N) is 1. The smallest absolute Gasteiger partial charge is 0.240 e. The second kappa shape index (κ2) is 11.2. The van der Waals surface area contributed by atoms with E-state index in [1.807, 2.05) is 0 Å². The van der Waals surface area contributed by atoms with E-state index in [9.17, 15) is 31.5 Å². The highest BCUT2D eigenvalue weighted by Gasteiger charge is 2.25. The fraction of sp³-hybridized carbons (Fsp3) is 0.333. The Balaban J connectivity index is 1.68. The van der Waals surface area contributed by atoms with Crippen molar-refractivity contribution < 1.29 is 31.5 Å². The minimum absolute atomic E-state index is 0.0316. The molecule has 0 spiro atoms. The van der Waals surface area contributed by atoms with Crippen molar-refractivity contribution in [3.63, 3.8) is 0 Å². The van der Waals surface area contributed by atoms with Crippen molar-refractivity contribution in [3.8, 4) is 0 Å². The molecule has 1 heterocycles. The van der Waals surface area contributed by atoms with Gasteiger partial charge >= 0.3 is 0 Å². The minimum Gasteiger partial charge on any atom is -0.390 e. The fourth-order valence-electron chi connectivity index (χ4n) is 3.49. The predicted molar refractivity (Wildman–Crippen MR) is 136 cm³/mol. The molecule has 0 amide bonds. The van der Waals surface area contributed by atoms with Gasteiger partial charge in [0.1, 0.15) is 28.1 Å². The molecule has 0 saturated carbocycles. The maximum Gasteiger partial charge on any atom is 0.240 e. The SMILES string of the molecule is CC(CCCC(C)(C)O)NS(=O)(=O)c1ccc(Nc2nc(N)c(C(=O)c3c(F)cc(F)cc3F)s2)cc1. The third-order valence-corrected chi connectivity index (χ3v) is 7.88. The van der Waals surface area contributed by atoms with Gasteiger partial charge < -0.3 is 16.2 Å². The van der Waals surface area contributed by atoms with Gasteiger partial charge in [0.15, 0.2) is 5.13 Å². The van der Waals surface area contributed by atoms with Gasteiger partial charge in [-0.15, -0.1) is 0 Å². The first-order valence-corrected chi connectivity index (χ1v) is 13.5. The summed E-state index contributed by atoms with van der Waals surface area (Å²) in [4.78, 5) is 16.4. The van der Waals surface area contributed by atoms with Crippen LogP contribution >= 0.6 is 11.3 Å². The molecule has 1 aromatic heterocycles. The molecule has 13 heteroatoms. The Morgan fingerprint density at radius 2 is 1.76 bits per heavy atom. The Labute approximate surface area is 216 Å². The van der Waals surface area contributed by atoms with Crippen molar-refractivity contribution >= 4 is 43.8 Å². The minimum atomic E-state index is -3.79. The average molecular weight is 557 g/mol. The number of nitrogens with one attached hydrogen (secondary N) is 2. The largest absolute Gasteiger partial charge is 0.390 e. The molecule has 1 unspecified atom stereocenters. The van der Waals surface area contributed by atoms with Gasteiger partial charge in [0, 0.05) is 23.9 Å². The number of nitrogen functional groups attached to an aromatic ring is 1. The highest BCUT2D eigenvalue weighted by Crippen LogP contribution is 2.31. The number of anilines is 3. The molecular formula is C24H27F3N4O4S2. The summed E-state index contributed by atoms with van der Waals surface area (Å²) < 4.78 is 69.2. The molecule has 1 atom stereocenters. The molecule has 3 rings (SSSR count). The normalized spacial score (nSPS) is 12.9. The summed E-state index contributed by atoms with van der Waals surface area (Å²) in [5.74, 6) is -5.24. The van der Waals surface area contributed by atoms with Crippen molar-refractivity contribution in [1.82, 2.24) is 9.71 Å². The van der Waals surface area contributed by atoms with Gasteiger partial charge in [-0.25, -0.2) is 31.3 Å². The maximum atomic E-state index is 14.0. The maximum absolute atomic E-state index is 14.0. The van der Waals surface area contributed by atoms with Gasteiger partial charge in [-0.1, -0.05) is 11.3 Å². The number of benzene rings is 2. The Hall–Kier alpha value is -3.00. The zero-order valence-corrected chi connectivity index (χ0v) is 21.9. The van der Waals surface area contributed by atoms with Crippen LogP contribution in [0.4, 0.5) is 29.8 Å². The number of hydrogen-bond acceptors (Lipinski definition) is 8. The quantitative estimate of drug-likeness (QED) is 0.251. The number of hydrogen-bond donors (Lipinski definition) is 4. The van der Waals surface area contributed by atoms with Crippen molar-refractivity contribution in [3.05, 3.63) is 64.3 Å². The number of halogens is 3. The van der Waals surface area contributed by atoms with Crippen LogP contribution in [-0.4, -0.2) is 35.9 Å². The number of nitrogens with zero attached hydrogens (tertiary/aromatic N) is 1. The molecule has 0 saturated heterocycles. The highest BCUT2D eigenvalue weighted by molar-refractivity contribution is 7.89. The van der Waals surface area contributed by atoms with Gasteiger partial charge in [-0.3, -0.25) is 4.79 Å². The highest BCUT2D eigenvalue weighted by atomic mass is 32.2. The van der Waals surface area contributed by atoms with E-state index in [0.717, 1.165) is 11.3 Å². The van der Waals surface area contributed by atoms with E-state index < -0.39 is 44.4 Å². The summed E-state index contributed by atoms with van der Waals surface area (Å²) in [6.07, 6.45) is 1.75. The number of carbonyl (C=O) groups is 1. The number of ketones is 1. The van der Waals surface area contributed by atoms with Gasteiger partial charge in [0.05, 0.1) is 16.1 Å². The second-order valence-corrected chi connectivity index (χ2v) is 11.9. The molecular weight excluding hydrogens is 529 g/mol. The van der Waals surface area contributed by atoms with Gasteiger partial charge in [0.25, 0.3) is 0 Å². The van der Waals surface area contributed by atoms with Crippen LogP contribution < -0.4 is 15.8 Å². The van der Waals surface area contributed by atoms with Crippen molar-refractivity contribution in [1.29, 1.82) is 0 Å². The Bertz CT molecular complexity index is 1360. The number of aliphatic hydroxyl groups is 1. The van der Waals surface area contributed by atoms with Crippen LogP contribution in [0.1, 0.15) is 55.3 Å². The van der Waals surface area contributed by atoms with Crippen LogP contribution in [0, 0.1) is 17.5 Å². The van der Waals surface area contributed by atoms with E-state index in [1.165, 1.54) is 24.3 Å². The molecule has 0 fully saturated rings. The molecule has 0 bridgehead atoms. The molecule has 2 aromatic carbocycles. The summed E-state index contributed by atoms with van der Waals surface area (Å²) in [7, 11) is -3.79. The Morgan fingerprint density at radius 3 is 2.32 bits per heavy atom. The van der Waals surface area contributed by atoms with Crippen LogP contribution in [0.2, 0.25) is 0 Å². The number of thiazole rings is 1. The van der Waals surface area contributed by atoms with Gasteiger partial charge in [-0.2, -0.15) is 0 Å². The fourth-order valence-corrected chi connectivity index (χ4v) is 5.62. The first-order valence-electron chi connectivity index (χ1n) is 11.2. The van der Waals surface area contributed by atoms with Crippen LogP contribution in [-0.2, 0) is 10.0 Å². The monoisotopic (exact) mass is 556 g/mol. The third-order valence-electron chi connectivity index (χ3n) is 5.29. The summed E-state index contributed by atoms with van der Waals surface area (Å²) in [5.41, 5.74) is 4.43. The van der Waals surface area contributed by atoms with Gasteiger partial charge in [0.2, 0.25) is 15.8 Å². The lowest BCUT2D eigenvalue weighted by atomic mass is 10.00. The lowest BCUT2D eigenvalue weighted by molar-refractivity contribution is 0.0677. The molecule has 0 aliphatic carbocycles. The van der Waals surface area contributed by atoms with Crippen LogP contribution in [0.3, 0.4) is 0 Å². The molecule has 8 nitrogen and oxygen atoms in total. The number of aromatic nitrogens is 1. The van der Waals surface area contributed by atoms with Crippen LogP contribution in [0.25, 0.3) is 0 Å². The van der Waals surface area contributed by atoms with Crippen molar-refractivity contribution in [2.45, 2.75) is 56.6 Å². The molecule has 3 aromatic rings. The molecule has 0 aliphatic rings. The summed E-state index contributed by atoms with van der Waals surface area (Å²) in [6, 6.07) is 6.16. The standard InChI is InChI=1S/C24H27F3N4O4S2/c1-13(5-4-10-24(2,3)33)31-37(34,35)16-8-6-15(7-9-16)29-23-30-22(28)21(36-23)20(32)19-17(26)11-14(25)12-18(19)27/h6-9,11-13,31,33H,4-5,10,28H2,1-3H3,(H,29,30). The molecule has 0 radical (unpaired) electrons. The second-order valence-electron chi connectivity index (χ2n) is 9.18. The van der Waals surface area contributed by atoms with Crippen LogP contribution in [0.5, 0.6) is 0 Å². The lowest BCUT2D eigenvalue weighted by Gasteiger charge is -2.19. The zero-order valence-electron chi connectivity index (χ0n) is 20.3. The Morgan fingerprint density at radius 1 is 1.16 bits per heavy atom. The van der Waals surface area contributed by atoms with E-state index in [1.54, 1.807) is 20.8 Å². The van der Waals surface area contributed by atoms with E-state index in [-0.39, 0.29) is 26.8 Å². The number of sulfonamides is 1. The third kappa shape index (κ3) is 7.51. The lowest BCUT2D eigenvalue weighted by Crippen LogP contribution is -2.33. The Kier molecular flexibility index (Phi) is 8.63. The molecule has 37 heavy (non-hydrogen) atoms. The van der Waals surface area contributed by atoms with Crippen molar-refractivity contribution in [2.24, 2.45) is 0 Å². The van der Waals surface area contributed by atoms with E-state index in [4.69, 9.17) is 5.73 Å². The van der Waals surface area contributed by atoms with E-state index in [0.29, 0.717) is 37.1 Å². The summed E-state index contributed by atoms with van der Waals surface area (Å²) in [5, 5.41) is 12.8. The summed E-state index contributed by atoms with van der Waals surface area (Å²) in [6.45, 7) is 5.13. The van der Waals surface area contributed by atoms with Crippen LogP contribution in [0.15, 0.2) is 41.3 Å². The average Bonchev–Trinajstić information content (AvgIpc) is 3.12. The number of carbonyl (C=O) groups excluding carboxylic acids is 1. The van der Waals surface area contributed by atoms with Crippen molar-refractivity contribution in [2.75, 3.05) is 11.1 Å². The molecule has 5 N–H and O–H groups in total. The summed E-state index contributed by atoms with van der Waals surface area (Å²) >= 11 is 0.734. The zero-order chi connectivity index (χ0) is 27.5. The van der Waals surface area contributed by atoms with E-state index >= 15 is 0 Å². The first-order chi connectivity index (χ1) is 17.2. The van der Waals surface area contributed by atoms with E-state index in [2.05, 4.69) is 15.0 Å². The molecule has 0 aliphatic heterocycles. The topological polar surface area (TPSA) is 134 Å². The first kappa shape index (κ1) is 28.6. The predicted octanol–water partition coefficient (Wildman–Crippen LogP) is 4.73. The molecule has 200 valence electrons. The number of rotatable bonds is 11. The van der Waals surface area contributed by atoms with Gasteiger partial charge in [-0.05, 0) is 64.3 Å².